The van der Waals surface area contributed by atoms with Crippen LogP contribution in [-0.2, 0) is 23.6 Å². The van der Waals surface area contributed by atoms with Gasteiger partial charge in [0.1, 0.15) is 16.3 Å². The maximum atomic E-state index is 12.4. The van der Waals surface area contributed by atoms with Crippen molar-refractivity contribution in [2.75, 3.05) is 11.1 Å². The molecule has 0 bridgehead atoms. The van der Waals surface area contributed by atoms with Crippen LogP contribution in [0.4, 0.5) is 5.82 Å². The van der Waals surface area contributed by atoms with Gasteiger partial charge >= 0.3 is 0 Å². The molecule has 1 N–H and O–H groups in total. The van der Waals surface area contributed by atoms with E-state index in [0.29, 0.717) is 17.6 Å². The van der Waals surface area contributed by atoms with Gasteiger partial charge in [0.2, 0.25) is 0 Å². The normalized spacial score (nSPS) is 22.6. The summed E-state index contributed by atoms with van der Waals surface area (Å²) in [6, 6.07) is 0.297. The number of fused-ring (bicyclic) bond motifs is 3. The van der Waals surface area contributed by atoms with Crippen molar-refractivity contribution in [1.29, 1.82) is 0 Å². The van der Waals surface area contributed by atoms with E-state index in [4.69, 9.17) is 9.97 Å². The van der Waals surface area contributed by atoms with Crippen LogP contribution in [0.15, 0.2) is 18.6 Å². The molecule has 0 saturated heterocycles. The highest BCUT2D eigenvalue weighted by molar-refractivity contribution is 7.85. The molecule has 158 valence electrons. The van der Waals surface area contributed by atoms with Gasteiger partial charge in [-0.2, -0.15) is 0 Å². The summed E-state index contributed by atoms with van der Waals surface area (Å²) in [7, 11) is -0.736. The molecule has 5 rings (SSSR count). The second-order valence-electron chi connectivity index (χ2n) is 8.18. The van der Waals surface area contributed by atoms with Crippen molar-refractivity contribution in [2.24, 2.45) is 0 Å². The molecule has 30 heavy (non-hydrogen) atoms. The molecular formula is C22H27N5OS2. The number of hydrogen-bond acceptors (Lipinski definition) is 7. The Balaban J connectivity index is 1.55. The van der Waals surface area contributed by atoms with Crippen LogP contribution in [-0.4, -0.2) is 41.2 Å². The van der Waals surface area contributed by atoms with E-state index in [1.807, 2.05) is 6.92 Å². The van der Waals surface area contributed by atoms with Crippen molar-refractivity contribution in [1.82, 2.24) is 19.9 Å². The Bertz CT molecular complexity index is 1070. The minimum absolute atomic E-state index is 0.287. The molecule has 8 heteroatoms. The van der Waals surface area contributed by atoms with Gasteiger partial charge in [-0.25, -0.2) is 15.0 Å². The summed E-state index contributed by atoms with van der Waals surface area (Å²) in [5.41, 5.74) is 2.13. The van der Waals surface area contributed by atoms with E-state index >= 15 is 0 Å². The van der Waals surface area contributed by atoms with Crippen LogP contribution in [0.5, 0.6) is 0 Å². The lowest BCUT2D eigenvalue weighted by atomic mass is 9.94. The smallest absolute Gasteiger partial charge is 0.183 e. The Hall–Kier alpha value is -1.93. The second kappa shape index (κ2) is 8.67. The Labute approximate surface area is 183 Å². The van der Waals surface area contributed by atoms with E-state index in [1.54, 1.807) is 29.9 Å². The number of aromatic nitrogens is 4. The Morgan fingerprint density at radius 1 is 1.17 bits per heavy atom. The molecule has 3 aromatic rings. The SMILES string of the molecule is CCS(=O)C1CCCC(Nc2nc(-c3cnccn3)nc3sc4c(c23)CCCC4)C1. The van der Waals surface area contributed by atoms with Crippen molar-refractivity contribution in [3.63, 3.8) is 0 Å². The molecule has 0 aliphatic heterocycles. The van der Waals surface area contributed by atoms with Crippen molar-refractivity contribution in [2.45, 2.75) is 69.6 Å². The molecule has 2 aliphatic rings. The molecule has 0 aromatic carbocycles. The third kappa shape index (κ3) is 3.87. The summed E-state index contributed by atoms with van der Waals surface area (Å²) in [5.74, 6) is 2.29. The minimum Gasteiger partial charge on any atom is -0.367 e. The third-order valence-electron chi connectivity index (χ3n) is 6.23. The van der Waals surface area contributed by atoms with Gasteiger partial charge in [0, 0.05) is 45.1 Å². The summed E-state index contributed by atoms with van der Waals surface area (Å²) in [6.45, 7) is 2.02. The van der Waals surface area contributed by atoms with Gasteiger partial charge in [-0.15, -0.1) is 11.3 Å². The van der Waals surface area contributed by atoms with Gasteiger partial charge in [0.05, 0.1) is 11.6 Å². The van der Waals surface area contributed by atoms with Crippen LogP contribution in [0.1, 0.15) is 55.9 Å². The molecule has 3 heterocycles. The zero-order valence-electron chi connectivity index (χ0n) is 17.3. The van der Waals surface area contributed by atoms with Gasteiger partial charge in [-0.05, 0) is 50.5 Å². The van der Waals surface area contributed by atoms with Gasteiger partial charge in [-0.1, -0.05) is 13.3 Å². The monoisotopic (exact) mass is 441 g/mol. The third-order valence-corrected chi connectivity index (χ3v) is 9.16. The molecule has 1 saturated carbocycles. The highest BCUT2D eigenvalue weighted by Gasteiger charge is 2.28. The van der Waals surface area contributed by atoms with E-state index in [0.717, 1.165) is 54.9 Å². The highest BCUT2D eigenvalue weighted by Crippen LogP contribution is 2.40. The molecule has 3 atom stereocenters. The molecule has 6 nitrogen and oxygen atoms in total. The standard InChI is InChI=1S/C22H27N5OS2/c1-2-30(28)15-7-5-6-14(12-15)25-21-19-16-8-3-4-9-18(16)29-22(19)27-20(26-21)17-13-23-10-11-24-17/h10-11,13-15H,2-9,12H2,1H3,(H,25,26,27). The van der Waals surface area contributed by atoms with E-state index in [-0.39, 0.29) is 5.25 Å². The minimum atomic E-state index is -0.736. The maximum Gasteiger partial charge on any atom is 0.183 e. The lowest BCUT2D eigenvalue weighted by Gasteiger charge is -2.29. The fourth-order valence-electron chi connectivity index (χ4n) is 4.73. The average Bonchev–Trinajstić information content (AvgIpc) is 3.18. The number of anilines is 1. The average molecular weight is 442 g/mol. The van der Waals surface area contributed by atoms with Gasteiger partial charge < -0.3 is 5.32 Å². The van der Waals surface area contributed by atoms with Crippen LogP contribution in [0.3, 0.4) is 0 Å². The molecule has 2 aliphatic carbocycles. The molecule has 0 spiro atoms. The molecule has 0 radical (unpaired) electrons. The first kappa shape index (κ1) is 20.0. The summed E-state index contributed by atoms with van der Waals surface area (Å²) < 4.78 is 12.4. The molecule has 1 fully saturated rings. The van der Waals surface area contributed by atoms with Crippen molar-refractivity contribution in [3.05, 3.63) is 29.0 Å². The molecule has 3 aromatic heterocycles. The number of thiophene rings is 1. The van der Waals surface area contributed by atoms with E-state index in [9.17, 15) is 4.21 Å². The first-order chi connectivity index (χ1) is 14.7. The number of nitrogens with one attached hydrogen (secondary N) is 1. The lowest BCUT2D eigenvalue weighted by molar-refractivity contribution is 0.464. The van der Waals surface area contributed by atoms with Crippen molar-refractivity contribution in [3.8, 4) is 11.5 Å². The van der Waals surface area contributed by atoms with Gasteiger partial charge in [0.25, 0.3) is 0 Å². The van der Waals surface area contributed by atoms with Crippen LogP contribution < -0.4 is 5.32 Å². The largest absolute Gasteiger partial charge is 0.367 e. The Morgan fingerprint density at radius 2 is 2.07 bits per heavy atom. The molecule has 3 unspecified atom stereocenters. The predicted octanol–water partition coefficient (Wildman–Crippen LogP) is 4.52. The lowest BCUT2D eigenvalue weighted by Crippen LogP contribution is -2.33. The van der Waals surface area contributed by atoms with E-state index in [2.05, 4.69) is 15.3 Å². The summed E-state index contributed by atoms with van der Waals surface area (Å²) in [4.78, 5) is 20.9. The summed E-state index contributed by atoms with van der Waals surface area (Å²) >= 11 is 1.81. The highest BCUT2D eigenvalue weighted by atomic mass is 32.2. The van der Waals surface area contributed by atoms with Crippen LogP contribution in [0.25, 0.3) is 21.7 Å². The number of nitrogens with zero attached hydrogens (tertiary/aromatic N) is 4. The van der Waals surface area contributed by atoms with Crippen molar-refractivity contribution < 1.29 is 4.21 Å². The number of aryl methyl sites for hydroxylation is 2. The van der Waals surface area contributed by atoms with Crippen molar-refractivity contribution >= 4 is 38.2 Å². The second-order valence-corrected chi connectivity index (χ2v) is 11.3. The first-order valence-electron chi connectivity index (χ1n) is 10.9. The van der Waals surface area contributed by atoms with Crippen LogP contribution in [0, 0.1) is 0 Å². The zero-order valence-corrected chi connectivity index (χ0v) is 18.9. The Kier molecular flexibility index (Phi) is 5.78. The van der Waals surface area contributed by atoms with Crippen LogP contribution >= 0.6 is 11.3 Å². The fourth-order valence-corrected chi connectivity index (χ4v) is 7.34. The van der Waals surface area contributed by atoms with E-state index in [1.165, 1.54) is 28.7 Å². The zero-order chi connectivity index (χ0) is 20.5. The first-order valence-corrected chi connectivity index (χ1v) is 13.1. The summed E-state index contributed by atoms with van der Waals surface area (Å²) in [6.07, 6.45) is 14.0. The van der Waals surface area contributed by atoms with Crippen LogP contribution in [0.2, 0.25) is 0 Å². The number of hydrogen-bond donors (Lipinski definition) is 1. The molecular weight excluding hydrogens is 414 g/mol. The predicted molar refractivity (Wildman–Crippen MR) is 123 cm³/mol. The Morgan fingerprint density at radius 3 is 2.90 bits per heavy atom. The molecule has 0 amide bonds. The summed E-state index contributed by atoms with van der Waals surface area (Å²) in [5, 5.41) is 5.23. The fraction of sp³-hybridized carbons (Fsp3) is 0.545. The number of rotatable bonds is 5. The van der Waals surface area contributed by atoms with E-state index < -0.39 is 10.8 Å². The topological polar surface area (TPSA) is 80.7 Å². The van der Waals surface area contributed by atoms with Gasteiger partial charge in [0.15, 0.2) is 5.82 Å². The maximum absolute atomic E-state index is 12.4. The van der Waals surface area contributed by atoms with Gasteiger partial charge in [-0.3, -0.25) is 9.19 Å². The quantitative estimate of drug-likeness (QED) is 0.627.